The SMILES string of the molecule is O=C1CC(CCl)CN1c1cnccc1Cl. The second kappa shape index (κ2) is 4.37. The summed E-state index contributed by atoms with van der Waals surface area (Å²) in [6.45, 7) is 0.633. The first-order chi connectivity index (χ1) is 7.22. The molecule has 1 amide bonds. The number of anilines is 1. The lowest BCUT2D eigenvalue weighted by atomic mass is 10.1. The zero-order chi connectivity index (χ0) is 10.8. The van der Waals surface area contributed by atoms with Crippen molar-refractivity contribution >= 4 is 34.8 Å². The molecule has 3 nitrogen and oxygen atoms in total. The lowest BCUT2D eigenvalue weighted by molar-refractivity contribution is -0.117. The number of carbonyl (C=O) groups is 1. The fourth-order valence-corrected chi connectivity index (χ4v) is 2.10. The van der Waals surface area contributed by atoms with Crippen molar-refractivity contribution in [1.82, 2.24) is 4.98 Å². The van der Waals surface area contributed by atoms with E-state index in [2.05, 4.69) is 4.98 Å². The number of aromatic nitrogens is 1. The predicted octanol–water partition coefficient (Wildman–Crippen LogP) is 2.33. The molecular formula is C10H10Cl2N2O. The van der Waals surface area contributed by atoms with Crippen LogP contribution in [-0.2, 0) is 4.79 Å². The van der Waals surface area contributed by atoms with Crippen molar-refractivity contribution in [3.63, 3.8) is 0 Å². The molecule has 2 heterocycles. The lowest BCUT2D eigenvalue weighted by Crippen LogP contribution is -2.25. The highest BCUT2D eigenvalue weighted by atomic mass is 35.5. The topological polar surface area (TPSA) is 33.2 Å². The summed E-state index contributed by atoms with van der Waals surface area (Å²) in [5.74, 6) is 0.783. The third kappa shape index (κ3) is 2.08. The molecule has 5 heteroatoms. The number of halogens is 2. The Hall–Kier alpha value is -0.800. The quantitative estimate of drug-likeness (QED) is 0.749. The first kappa shape index (κ1) is 10.7. The molecule has 0 aliphatic carbocycles. The number of hydrogen-bond acceptors (Lipinski definition) is 2. The molecule has 0 spiro atoms. The molecule has 0 aromatic carbocycles. The van der Waals surface area contributed by atoms with Crippen molar-refractivity contribution in [3.05, 3.63) is 23.5 Å². The smallest absolute Gasteiger partial charge is 0.227 e. The van der Waals surface area contributed by atoms with E-state index >= 15 is 0 Å². The summed E-state index contributed by atoms with van der Waals surface area (Å²) >= 11 is 11.7. The van der Waals surface area contributed by atoms with Gasteiger partial charge in [-0.25, -0.2) is 0 Å². The molecule has 0 N–H and O–H groups in total. The predicted molar refractivity (Wildman–Crippen MR) is 60.4 cm³/mol. The van der Waals surface area contributed by atoms with Crippen LogP contribution in [0, 0.1) is 5.92 Å². The van der Waals surface area contributed by atoms with Crippen molar-refractivity contribution in [2.45, 2.75) is 6.42 Å². The van der Waals surface area contributed by atoms with Gasteiger partial charge in [0.2, 0.25) is 5.91 Å². The number of hydrogen-bond donors (Lipinski definition) is 0. The minimum absolute atomic E-state index is 0.0653. The van der Waals surface area contributed by atoms with Crippen molar-refractivity contribution in [1.29, 1.82) is 0 Å². The van der Waals surface area contributed by atoms with Gasteiger partial charge in [0, 0.05) is 25.0 Å². The maximum atomic E-state index is 11.7. The monoisotopic (exact) mass is 244 g/mol. The fraction of sp³-hybridized carbons (Fsp3) is 0.400. The molecule has 15 heavy (non-hydrogen) atoms. The van der Waals surface area contributed by atoms with E-state index in [0.29, 0.717) is 29.6 Å². The highest BCUT2D eigenvalue weighted by Gasteiger charge is 2.30. The van der Waals surface area contributed by atoms with Crippen LogP contribution in [0.3, 0.4) is 0 Å². The van der Waals surface area contributed by atoms with Gasteiger partial charge in [-0.3, -0.25) is 9.78 Å². The van der Waals surface area contributed by atoms with Crippen molar-refractivity contribution < 1.29 is 4.79 Å². The van der Waals surface area contributed by atoms with Crippen molar-refractivity contribution in [3.8, 4) is 0 Å². The summed E-state index contributed by atoms with van der Waals surface area (Å²) in [7, 11) is 0. The highest BCUT2D eigenvalue weighted by Crippen LogP contribution is 2.30. The van der Waals surface area contributed by atoms with Gasteiger partial charge in [0.1, 0.15) is 0 Å². The van der Waals surface area contributed by atoms with Crippen LogP contribution in [-0.4, -0.2) is 23.3 Å². The van der Waals surface area contributed by atoms with Crippen LogP contribution in [0.15, 0.2) is 18.5 Å². The maximum Gasteiger partial charge on any atom is 0.227 e. The largest absolute Gasteiger partial charge is 0.309 e. The van der Waals surface area contributed by atoms with Crippen LogP contribution in [0.25, 0.3) is 0 Å². The molecule has 0 bridgehead atoms. The van der Waals surface area contributed by atoms with Gasteiger partial charge in [0.05, 0.1) is 16.9 Å². The van der Waals surface area contributed by atoms with Gasteiger partial charge in [-0.2, -0.15) is 0 Å². The summed E-state index contributed by atoms with van der Waals surface area (Å²) in [5.41, 5.74) is 0.678. The van der Waals surface area contributed by atoms with E-state index in [9.17, 15) is 4.79 Å². The Kier molecular flexibility index (Phi) is 3.12. The first-order valence-corrected chi connectivity index (χ1v) is 5.59. The van der Waals surface area contributed by atoms with Crippen molar-refractivity contribution in [2.75, 3.05) is 17.3 Å². The normalized spacial score (nSPS) is 21.1. The minimum Gasteiger partial charge on any atom is -0.309 e. The maximum absolute atomic E-state index is 11.7. The van der Waals surface area contributed by atoms with E-state index in [1.54, 1.807) is 23.4 Å². The first-order valence-electron chi connectivity index (χ1n) is 4.68. The van der Waals surface area contributed by atoms with Gasteiger partial charge < -0.3 is 4.90 Å². The molecule has 80 valence electrons. The second-order valence-corrected chi connectivity index (χ2v) is 4.27. The average Bonchev–Trinajstić information content (AvgIpc) is 2.60. The Morgan fingerprint density at radius 2 is 2.40 bits per heavy atom. The minimum atomic E-state index is 0.0653. The Morgan fingerprint density at radius 3 is 3.00 bits per heavy atom. The average molecular weight is 245 g/mol. The van der Waals surface area contributed by atoms with Crippen LogP contribution in [0.2, 0.25) is 5.02 Å². The molecule has 1 fully saturated rings. The molecule has 1 aromatic rings. The summed E-state index contributed by atoms with van der Waals surface area (Å²) < 4.78 is 0. The summed E-state index contributed by atoms with van der Waals surface area (Å²) in [4.78, 5) is 17.3. The molecule has 0 saturated carbocycles. The van der Waals surface area contributed by atoms with Gasteiger partial charge >= 0.3 is 0 Å². The van der Waals surface area contributed by atoms with Crippen LogP contribution in [0.1, 0.15) is 6.42 Å². The van der Waals surface area contributed by atoms with Gasteiger partial charge in [-0.05, 0) is 12.0 Å². The van der Waals surface area contributed by atoms with Gasteiger partial charge in [0.15, 0.2) is 0 Å². The number of nitrogens with zero attached hydrogens (tertiary/aromatic N) is 2. The lowest BCUT2D eigenvalue weighted by Gasteiger charge is -2.16. The third-order valence-electron chi connectivity index (χ3n) is 2.46. The Labute approximate surface area is 98.0 Å². The summed E-state index contributed by atoms with van der Waals surface area (Å²) in [5, 5.41) is 0.550. The third-order valence-corrected chi connectivity index (χ3v) is 3.22. The molecule has 1 atom stereocenters. The Balaban J connectivity index is 2.25. The standard InChI is InChI=1S/C10H10Cl2N2O/c11-4-7-3-10(15)14(6-7)9-5-13-2-1-8(9)12/h1-2,5,7H,3-4,6H2. The van der Waals surface area contributed by atoms with E-state index in [-0.39, 0.29) is 11.8 Å². The summed E-state index contributed by atoms with van der Waals surface area (Å²) in [6, 6.07) is 1.68. The van der Waals surface area contributed by atoms with E-state index in [1.165, 1.54) is 0 Å². The molecule has 1 unspecified atom stereocenters. The number of rotatable bonds is 2. The van der Waals surface area contributed by atoms with Gasteiger partial charge in [0.25, 0.3) is 0 Å². The van der Waals surface area contributed by atoms with Gasteiger partial charge in [-0.15, -0.1) is 11.6 Å². The van der Waals surface area contributed by atoms with Crippen LogP contribution in [0.5, 0.6) is 0 Å². The van der Waals surface area contributed by atoms with Gasteiger partial charge in [-0.1, -0.05) is 11.6 Å². The molecular weight excluding hydrogens is 235 g/mol. The number of pyridine rings is 1. The molecule has 0 radical (unpaired) electrons. The van der Waals surface area contributed by atoms with Crippen LogP contribution in [0.4, 0.5) is 5.69 Å². The zero-order valence-electron chi connectivity index (χ0n) is 7.99. The molecule has 2 rings (SSSR count). The highest BCUT2D eigenvalue weighted by molar-refractivity contribution is 6.33. The number of carbonyl (C=O) groups excluding carboxylic acids is 1. The molecule has 1 saturated heterocycles. The van der Waals surface area contributed by atoms with E-state index in [1.807, 2.05) is 0 Å². The fourth-order valence-electron chi connectivity index (χ4n) is 1.69. The van der Waals surface area contributed by atoms with E-state index < -0.39 is 0 Å². The number of alkyl halides is 1. The zero-order valence-corrected chi connectivity index (χ0v) is 9.50. The molecule has 1 aromatic heterocycles. The number of amides is 1. The Bertz CT molecular complexity index is 383. The van der Waals surface area contributed by atoms with E-state index in [4.69, 9.17) is 23.2 Å². The van der Waals surface area contributed by atoms with E-state index in [0.717, 1.165) is 0 Å². The van der Waals surface area contributed by atoms with Crippen LogP contribution < -0.4 is 4.90 Å². The van der Waals surface area contributed by atoms with Crippen LogP contribution >= 0.6 is 23.2 Å². The summed E-state index contributed by atoms with van der Waals surface area (Å²) in [6.07, 6.45) is 3.71. The molecule has 1 aliphatic rings. The second-order valence-electron chi connectivity index (χ2n) is 3.56. The Morgan fingerprint density at radius 1 is 1.60 bits per heavy atom. The van der Waals surface area contributed by atoms with Crippen molar-refractivity contribution in [2.24, 2.45) is 5.92 Å². The molecule has 1 aliphatic heterocycles.